The molecule has 1 aliphatic rings. The number of hydrogen-bond donors (Lipinski definition) is 2. The summed E-state index contributed by atoms with van der Waals surface area (Å²) in [5.74, 6) is 0.946. The molecule has 1 atom stereocenters. The third-order valence-electron chi connectivity index (χ3n) is 4.03. The minimum Gasteiger partial charge on any atom is -0.480 e. The quantitative estimate of drug-likeness (QED) is 0.882. The summed E-state index contributed by atoms with van der Waals surface area (Å²) in [6.07, 6.45) is 4.43. The van der Waals surface area contributed by atoms with Crippen LogP contribution >= 0.6 is 0 Å². The molecular formula is C16H20N4O2. The minimum atomic E-state index is -0.887. The standard InChI is InChI=1S/C16H20N4O2/c21-16(22)15(12-7-3-1-4-8-12)17-11-14-19-18-13-9-5-2-6-10-20(13)14/h1,3-4,7-8,15,17H,2,5-6,9-11H2,(H,21,22). The van der Waals surface area contributed by atoms with Gasteiger partial charge in [0.2, 0.25) is 0 Å². The Morgan fingerprint density at radius 3 is 2.82 bits per heavy atom. The third-order valence-corrected chi connectivity index (χ3v) is 4.03. The van der Waals surface area contributed by atoms with E-state index in [4.69, 9.17) is 0 Å². The molecule has 2 heterocycles. The number of fused-ring (bicyclic) bond motifs is 1. The maximum atomic E-state index is 11.5. The van der Waals surface area contributed by atoms with Crippen molar-refractivity contribution in [3.8, 4) is 0 Å². The van der Waals surface area contributed by atoms with Crippen LogP contribution in [0.15, 0.2) is 30.3 Å². The molecule has 1 aromatic carbocycles. The van der Waals surface area contributed by atoms with Crippen LogP contribution in [-0.2, 0) is 24.3 Å². The van der Waals surface area contributed by atoms with E-state index in [9.17, 15) is 9.90 Å². The number of aromatic nitrogens is 3. The summed E-state index contributed by atoms with van der Waals surface area (Å²) in [6.45, 7) is 1.32. The normalized spacial score (nSPS) is 15.8. The van der Waals surface area contributed by atoms with Gasteiger partial charge in [-0.2, -0.15) is 0 Å². The largest absolute Gasteiger partial charge is 0.480 e. The monoisotopic (exact) mass is 300 g/mol. The zero-order valence-corrected chi connectivity index (χ0v) is 12.4. The van der Waals surface area contributed by atoms with Gasteiger partial charge in [-0.1, -0.05) is 36.8 Å². The molecule has 0 bridgehead atoms. The van der Waals surface area contributed by atoms with Gasteiger partial charge in [0, 0.05) is 13.0 Å². The highest BCUT2D eigenvalue weighted by Gasteiger charge is 2.21. The predicted octanol–water partition coefficient (Wildman–Crippen LogP) is 1.92. The molecule has 6 nitrogen and oxygen atoms in total. The second-order valence-electron chi connectivity index (χ2n) is 5.56. The van der Waals surface area contributed by atoms with Gasteiger partial charge in [0.25, 0.3) is 0 Å². The molecular weight excluding hydrogens is 280 g/mol. The molecule has 0 fully saturated rings. The van der Waals surface area contributed by atoms with Crippen LogP contribution in [0, 0.1) is 0 Å². The van der Waals surface area contributed by atoms with Crippen LogP contribution in [0.3, 0.4) is 0 Å². The van der Waals surface area contributed by atoms with Gasteiger partial charge in [-0.3, -0.25) is 10.1 Å². The van der Waals surface area contributed by atoms with Crippen molar-refractivity contribution in [2.75, 3.05) is 0 Å². The molecule has 1 aliphatic heterocycles. The summed E-state index contributed by atoms with van der Waals surface area (Å²) in [5.41, 5.74) is 0.741. The molecule has 0 saturated carbocycles. The molecule has 3 rings (SSSR count). The average molecular weight is 300 g/mol. The lowest BCUT2D eigenvalue weighted by Gasteiger charge is -2.15. The molecule has 0 aliphatic carbocycles. The van der Waals surface area contributed by atoms with Gasteiger partial charge in [0.15, 0.2) is 0 Å². The summed E-state index contributed by atoms with van der Waals surface area (Å²) in [4.78, 5) is 11.5. The lowest BCUT2D eigenvalue weighted by Crippen LogP contribution is -2.29. The summed E-state index contributed by atoms with van der Waals surface area (Å²) < 4.78 is 2.13. The Bertz CT molecular complexity index is 639. The van der Waals surface area contributed by atoms with E-state index >= 15 is 0 Å². The van der Waals surface area contributed by atoms with Crippen molar-refractivity contribution in [2.45, 2.75) is 44.8 Å². The molecule has 22 heavy (non-hydrogen) atoms. The van der Waals surface area contributed by atoms with Crippen LogP contribution in [0.25, 0.3) is 0 Å². The van der Waals surface area contributed by atoms with Crippen LogP contribution in [0.5, 0.6) is 0 Å². The Morgan fingerprint density at radius 2 is 2.05 bits per heavy atom. The van der Waals surface area contributed by atoms with E-state index in [2.05, 4.69) is 20.1 Å². The predicted molar refractivity (Wildman–Crippen MR) is 81.2 cm³/mol. The van der Waals surface area contributed by atoms with Crippen molar-refractivity contribution < 1.29 is 9.90 Å². The smallest absolute Gasteiger partial charge is 0.325 e. The highest BCUT2D eigenvalue weighted by Crippen LogP contribution is 2.16. The molecule has 1 unspecified atom stereocenters. The molecule has 6 heteroatoms. The lowest BCUT2D eigenvalue weighted by molar-refractivity contribution is -0.139. The first kappa shape index (κ1) is 14.7. The Balaban J connectivity index is 1.73. The molecule has 1 aromatic heterocycles. The number of hydrogen-bond acceptors (Lipinski definition) is 4. The fourth-order valence-corrected chi connectivity index (χ4v) is 2.86. The first-order chi connectivity index (χ1) is 10.8. The topological polar surface area (TPSA) is 80.0 Å². The van der Waals surface area contributed by atoms with Gasteiger partial charge in [0.05, 0.1) is 6.54 Å². The molecule has 2 N–H and O–H groups in total. The number of aryl methyl sites for hydroxylation is 1. The van der Waals surface area contributed by atoms with E-state index in [0.717, 1.165) is 43.0 Å². The number of aliphatic carboxylic acids is 1. The Kier molecular flexibility index (Phi) is 4.48. The highest BCUT2D eigenvalue weighted by atomic mass is 16.4. The maximum absolute atomic E-state index is 11.5. The van der Waals surface area contributed by atoms with E-state index in [1.54, 1.807) is 0 Å². The number of carboxylic acid groups (broad SMARTS) is 1. The van der Waals surface area contributed by atoms with E-state index in [1.807, 2.05) is 30.3 Å². The first-order valence-electron chi connectivity index (χ1n) is 7.68. The summed E-state index contributed by atoms with van der Waals surface area (Å²) >= 11 is 0. The van der Waals surface area contributed by atoms with E-state index in [1.165, 1.54) is 6.42 Å². The van der Waals surface area contributed by atoms with E-state index in [0.29, 0.717) is 6.54 Å². The van der Waals surface area contributed by atoms with Crippen molar-refractivity contribution in [3.05, 3.63) is 47.5 Å². The van der Waals surface area contributed by atoms with Gasteiger partial charge >= 0.3 is 5.97 Å². The van der Waals surface area contributed by atoms with Gasteiger partial charge in [-0.25, -0.2) is 0 Å². The van der Waals surface area contributed by atoms with Crippen molar-refractivity contribution >= 4 is 5.97 Å². The highest BCUT2D eigenvalue weighted by molar-refractivity contribution is 5.75. The Morgan fingerprint density at radius 1 is 1.23 bits per heavy atom. The van der Waals surface area contributed by atoms with Crippen LogP contribution < -0.4 is 5.32 Å². The van der Waals surface area contributed by atoms with Gasteiger partial charge in [-0.15, -0.1) is 10.2 Å². The second kappa shape index (κ2) is 6.70. The molecule has 0 saturated heterocycles. The summed E-state index contributed by atoms with van der Waals surface area (Å²) in [5, 5.41) is 21.0. The molecule has 116 valence electrons. The molecule has 0 radical (unpaired) electrons. The fraction of sp³-hybridized carbons (Fsp3) is 0.438. The van der Waals surface area contributed by atoms with Crippen LogP contribution in [-0.4, -0.2) is 25.8 Å². The van der Waals surface area contributed by atoms with Crippen molar-refractivity contribution in [3.63, 3.8) is 0 Å². The minimum absolute atomic E-state index is 0.402. The van der Waals surface area contributed by atoms with Crippen LogP contribution in [0.2, 0.25) is 0 Å². The van der Waals surface area contributed by atoms with Gasteiger partial charge in [-0.05, 0) is 18.4 Å². The number of nitrogens with one attached hydrogen (secondary N) is 1. The number of carbonyl (C=O) groups is 1. The second-order valence-corrected chi connectivity index (χ2v) is 5.56. The Labute approximate surface area is 129 Å². The molecule has 0 amide bonds. The fourth-order valence-electron chi connectivity index (χ4n) is 2.86. The first-order valence-corrected chi connectivity index (χ1v) is 7.68. The van der Waals surface area contributed by atoms with E-state index < -0.39 is 12.0 Å². The van der Waals surface area contributed by atoms with Gasteiger partial charge in [0.1, 0.15) is 17.7 Å². The molecule has 2 aromatic rings. The van der Waals surface area contributed by atoms with Crippen LogP contribution in [0.4, 0.5) is 0 Å². The zero-order valence-electron chi connectivity index (χ0n) is 12.4. The van der Waals surface area contributed by atoms with E-state index in [-0.39, 0.29) is 0 Å². The lowest BCUT2D eigenvalue weighted by atomic mass is 10.1. The number of nitrogens with zero attached hydrogens (tertiary/aromatic N) is 3. The SMILES string of the molecule is O=C(O)C(NCc1nnc2n1CCCCC2)c1ccccc1. The van der Waals surface area contributed by atoms with Crippen molar-refractivity contribution in [2.24, 2.45) is 0 Å². The maximum Gasteiger partial charge on any atom is 0.325 e. The Hall–Kier alpha value is -2.21. The van der Waals surface area contributed by atoms with Gasteiger partial charge < -0.3 is 9.67 Å². The average Bonchev–Trinajstić information content (AvgIpc) is 2.76. The summed E-state index contributed by atoms with van der Waals surface area (Å²) in [7, 11) is 0. The van der Waals surface area contributed by atoms with Crippen molar-refractivity contribution in [1.29, 1.82) is 0 Å². The zero-order chi connectivity index (χ0) is 15.4. The third kappa shape index (κ3) is 3.17. The van der Waals surface area contributed by atoms with Crippen LogP contribution in [0.1, 0.15) is 42.5 Å². The summed E-state index contributed by atoms with van der Waals surface area (Å²) in [6, 6.07) is 8.46. The number of benzene rings is 1. The number of rotatable bonds is 5. The molecule has 0 spiro atoms. The van der Waals surface area contributed by atoms with Crippen molar-refractivity contribution in [1.82, 2.24) is 20.1 Å². The number of carboxylic acids is 1.